The van der Waals surface area contributed by atoms with E-state index in [0.29, 0.717) is 11.3 Å². The number of hydrogen-bond acceptors (Lipinski definition) is 3. The SMILES string of the molecule is CC(C)c1cc2cc(Cl)c(F)cc2nc1NN. The lowest BCUT2D eigenvalue weighted by molar-refractivity contribution is 0.630. The van der Waals surface area contributed by atoms with Gasteiger partial charge in [-0.3, -0.25) is 0 Å². The maximum Gasteiger partial charge on any atom is 0.144 e. The van der Waals surface area contributed by atoms with Crippen LogP contribution in [0.2, 0.25) is 5.02 Å². The zero-order valence-corrected chi connectivity index (χ0v) is 10.3. The number of benzene rings is 1. The molecule has 0 spiro atoms. The number of rotatable bonds is 2. The Morgan fingerprint density at radius 1 is 1.35 bits per heavy atom. The van der Waals surface area contributed by atoms with Crippen LogP contribution in [-0.2, 0) is 0 Å². The van der Waals surface area contributed by atoms with Crippen LogP contribution in [-0.4, -0.2) is 4.98 Å². The van der Waals surface area contributed by atoms with Gasteiger partial charge in [-0.2, -0.15) is 0 Å². The molecule has 0 fully saturated rings. The van der Waals surface area contributed by atoms with E-state index in [4.69, 9.17) is 17.4 Å². The number of aromatic nitrogens is 1. The zero-order valence-electron chi connectivity index (χ0n) is 9.59. The molecule has 2 aromatic rings. The summed E-state index contributed by atoms with van der Waals surface area (Å²) in [5, 5.41) is 0.904. The number of nitrogens with zero attached hydrogens (tertiary/aromatic N) is 1. The molecule has 0 saturated heterocycles. The van der Waals surface area contributed by atoms with E-state index < -0.39 is 5.82 Å². The van der Waals surface area contributed by atoms with Gasteiger partial charge in [0.1, 0.15) is 11.6 Å². The Bertz CT molecular complexity index is 569. The normalized spacial score (nSPS) is 11.2. The number of fused-ring (bicyclic) bond motifs is 1. The molecule has 5 heteroatoms. The van der Waals surface area contributed by atoms with Crippen LogP contribution in [0.3, 0.4) is 0 Å². The quantitative estimate of drug-likeness (QED) is 0.637. The molecule has 3 nitrogen and oxygen atoms in total. The van der Waals surface area contributed by atoms with Crippen molar-refractivity contribution in [3.8, 4) is 0 Å². The maximum absolute atomic E-state index is 13.3. The van der Waals surface area contributed by atoms with Gasteiger partial charge >= 0.3 is 0 Å². The Balaban J connectivity index is 2.74. The Labute approximate surface area is 104 Å². The molecule has 1 aromatic carbocycles. The molecule has 90 valence electrons. The van der Waals surface area contributed by atoms with Crippen molar-refractivity contribution < 1.29 is 4.39 Å². The van der Waals surface area contributed by atoms with Gasteiger partial charge in [-0.05, 0) is 23.6 Å². The summed E-state index contributed by atoms with van der Waals surface area (Å²) < 4.78 is 13.3. The minimum absolute atomic E-state index is 0.0995. The predicted octanol–water partition coefficient (Wildman–Crippen LogP) is 3.44. The fraction of sp³-hybridized carbons (Fsp3) is 0.250. The van der Waals surface area contributed by atoms with Crippen molar-refractivity contribution in [3.63, 3.8) is 0 Å². The standard InChI is InChI=1S/C12H13ClFN3/c1-6(2)8-3-7-4-9(13)10(14)5-11(7)16-12(8)17-15/h3-6H,15H2,1-2H3,(H,16,17). The van der Waals surface area contributed by atoms with Crippen molar-refractivity contribution >= 4 is 28.3 Å². The molecule has 0 unspecified atom stereocenters. The van der Waals surface area contributed by atoms with Gasteiger partial charge in [0.25, 0.3) is 0 Å². The molecule has 0 bridgehead atoms. The summed E-state index contributed by atoms with van der Waals surface area (Å²) in [6, 6.07) is 4.81. The van der Waals surface area contributed by atoms with E-state index in [1.54, 1.807) is 6.07 Å². The van der Waals surface area contributed by atoms with Crippen molar-refractivity contribution in [1.29, 1.82) is 0 Å². The fourth-order valence-electron chi connectivity index (χ4n) is 1.74. The summed E-state index contributed by atoms with van der Waals surface area (Å²) in [7, 11) is 0. The average molecular weight is 254 g/mol. The van der Waals surface area contributed by atoms with E-state index in [-0.39, 0.29) is 10.9 Å². The number of halogens is 2. The number of nitrogens with one attached hydrogen (secondary N) is 1. The molecule has 1 heterocycles. The first-order valence-electron chi connectivity index (χ1n) is 5.29. The maximum atomic E-state index is 13.3. The van der Waals surface area contributed by atoms with E-state index in [2.05, 4.69) is 10.4 Å². The lowest BCUT2D eigenvalue weighted by Crippen LogP contribution is -2.12. The second-order valence-corrected chi connectivity index (χ2v) is 4.59. The summed E-state index contributed by atoms with van der Waals surface area (Å²) in [5.41, 5.74) is 4.04. The number of nitrogen functional groups attached to an aromatic ring is 1. The summed E-state index contributed by atoms with van der Waals surface area (Å²) in [6.45, 7) is 4.07. The molecule has 0 aliphatic heterocycles. The second-order valence-electron chi connectivity index (χ2n) is 4.18. The molecular formula is C12H13ClFN3. The summed E-state index contributed by atoms with van der Waals surface area (Å²) in [6.07, 6.45) is 0. The Morgan fingerprint density at radius 2 is 2.06 bits per heavy atom. The van der Waals surface area contributed by atoms with Gasteiger partial charge in [-0.25, -0.2) is 15.2 Å². The molecule has 3 N–H and O–H groups in total. The molecule has 0 atom stereocenters. The topological polar surface area (TPSA) is 50.9 Å². The third-order valence-electron chi connectivity index (χ3n) is 2.65. The van der Waals surface area contributed by atoms with Crippen LogP contribution in [0.1, 0.15) is 25.3 Å². The lowest BCUT2D eigenvalue weighted by atomic mass is 10.0. The van der Waals surface area contributed by atoms with E-state index >= 15 is 0 Å². The molecule has 17 heavy (non-hydrogen) atoms. The van der Waals surface area contributed by atoms with Crippen molar-refractivity contribution in [1.82, 2.24) is 4.98 Å². The largest absolute Gasteiger partial charge is 0.308 e. The average Bonchev–Trinajstić information content (AvgIpc) is 2.29. The van der Waals surface area contributed by atoms with Gasteiger partial charge < -0.3 is 5.43 Å². The minimum Gasteiger partial charge on any atom is -0.308 e. The number of anilines is 1. The molecule has 2 rings (SSSR count). The molecule has 0 radical (unpaired) electrons. The lowest BCUT2D eigenvalue weighted by Gasteiger charge is -2.12. The summed E-state index contributed by atoms with van der Waals surface area (Å²) in [4.78, 5) is 4.28. The minimum atomic E-state index is -0.480. The van der Waals surface area contributed by atoms with Gasteiger partial charge in [0.05, 0.1) is 10.5 Å². The number of hydrazine groups is 1. The summed E-state index contributed by atoms with van der Waals surface area (Å²) in [5.74, 6) is 5.77. The van der Waals surface area contributed by atoms with Crippen LogP contribution in [0.25, 0.3) is 10.9 Å². The number of pyridine rings is 1. The highest BCUT2D eigenvalue weighted by Crippen LogP contribution is 2.29. The monoisotopic (exact) mass is 253 g/mol. The Hall–Kier alpha value is -1.39. The van der Waals surface area contributed by atoms with Crippen LogP contribution >= 0.6 is 11.6 Å². The van der Waals surface area contributed by atoms with Crippen LogP contribution in [0.15, 0.2) is 18.2 Å². The molecule has 0 amide bonds. The van der Waals surface area contributed by atoms with E-state index in [0.717, 1.165) is 10.9 Å². The third kappa shape index (κ3) is 2.18. The van der Waals surface area contributed by atoms with Gasteiger partial charge in [0.2, 0.25) is 0 Å². The highest BCUT2D eigenvalue weighted by atomic mass is 35.5. The zero-order chi connectivity index (χ0) is 12.6. The molecule has 0 aliphatic rings. The smallest absolute Gasteiger partial charge is 0.144 e. The van der Waals surface area contributed by atoms with Crippen LogP contribution in [0, 0.1) is 5.82 Å². The molecule has 1 aromatic heterocycles. The van der Waals surface area contributed by atoms with Crippen molar-refractivity contribution in [2.24, 2.45) is 5.84 Å². The van der Waals surface area contributed by atoms with Crippen LogP contribution in [0.4, 0.5) is 10.2 Å². The highest BCUT2D eigenvalue weighted by Gasteiger charge is 2.11. The van der Waals surface area contributed by atoms with Crippen LogP contribution < -0.4 is 11.3 Å². The molecule has 0 saturated carbocycles. The molecule has 0 aliphatic carbocycles. The molecular weight excluding hydrogens is 241 g/mol. The van der Waals surface area contributed by atoms with Gasteiger partial charge in [-0.15, -0.1) is 0 Å². The first-order chi connectivity index (χ1) is 8.02. The van der Waals surface area contributed by atoms with Crippen molar-refractivity contribution in [2.75, 3.05) is 5.43 Å². The second kappa shape index (κ2) is 4.47. The fourth-order valence-corrected chi connectivity index (χ4v) is 1.91. The number of hydrogen-bond donors (Lipinski definition) is 2. The van der Waals surface area contributed by atoms with E-state index in [1.807, 2.05) is 19.9 Å². The van der Waals surface area contributed by atoms with Gasteiger partial charge in [-0.1, -0.05) is 25.4 Å². The predicted molar refractivity (Wildman–Crippen MR) is 68.6 cm³/mol. The van der Waals surface area contributed by atoms with Crippen LogP contribution in [0.5, 0.6) is 0 Å². The first kappa shape index (κ1) is 12.1. The third-order valence-corrected chi connectivity index (χ3v) is 2.93. The van der Waals surface area contributed by atoms with Crippen molar-refractivity contribution in [3.05, 3.63) is 34.6 Å². The van der Waals surface area contributed by atoms with E-state index in [9.17, 15) is 4.39 Å². The van der Waals surface area contributed by atoms with E-state index in [1.165, 1.54) is 6.07 Å². The first-order valence-corrected chi connectivity index (χ1v) is 5.67. The highest BCUT2D eigenvalue weighted by molar-refractivity contribution is 6.31. The van der Waals surface area contributed by atoms with Gasteiger partial charge in [0, 0.05) is 11.5 Å². The Morgan fingerprint density at radius 3 is 2.65 bits per heavy atom. The van der Waals surface area contributed by atoms with Gasteiger partial charge in [0.15, 0.2) is 0 Å². The Kier molecular flexibility index (Phi) is 3.17. The van der Waals surface area contributed by atoms with Crippen molar-refractivity contribution in [2.45, 2.75) is 19.8 Å². The summed E-state index contributed by atoms with van der Waals surface area (Å²) >= 11 is 5.75. The number of nitrogens with two attached hydrogens (primary N) is 1.